The van der Waals surface area contributed by atoms with Crippen LogP contribution >= 0.6 is 0 Å². The lowest BCUT2D eigenvalue weighted by Gasteiger charge is -2.30. The quantitative estimate of drug-likeness (QED) is 0.723. The van der Waals surface area contributed by atoms with E-state index >= 15 is 0 Å². The largest absolute Gasteiger partial charge is 0.471 e. The zero-order valence-corrected chi connectivity index (χ0v) is 15.6. The zero-order chi connectivity index (χ0) is 20.2. The van der Waals surface area contributed by atoms with Crippen molar-refractivity contribution in [3.8, 4) is 11.4 Å². The highest BCUT2D eigenvalue weighted by Crippen LogP contribution is 2.29. The van der Waals surface area contributed by atoms with Crippen molar-refractivity contribution in [2.45, 2.75) is 52.1 Å². The molecule has 1 amide bonds. The van der Waals surface area contributed by atoms with E-state index in [1.807, 2.05) is 13.8 Å². The lowest BCUT2D eigenvalue weighted by atomic mass is 10.1. The van der Waals surface area contributed by atoms with E-state index in [9.17, 15) is 18.0 Å². The third kappa shape index (κ3) is 5.06. The summed E-state index contributed by atoms with van der Waals surface area (Å²) in [6.07, 6.45) is -4.46. The van der Waals surface area contributed by atoms with Crippen LogP contribution in [0.2, 0.25) is 0 Å². The molecule has 0 aliphatic carbocycles. The second kappa shape index (κ2) is 8.51. The fraction of sp³-hybridized carbons (Fsp3) is 0.500. The Balaban J connectivity index is 2.17. The molecule has 0 spiro atoms. The third-order valence-corrected chi connectivity index (χ3v) is 4.34. The highest BCUT2D eigenvalue weighted by Gasteiger charge is 2.38. The maximum absolute atomic E-state index is 12.6. The average Bonchev–Trinajstić information content (AvgIpc) is 3.15. The second-order valence-corrected chi connectivity index (χ2v) is 6.22. The zero-order valence-electron chi connectivity index (χ0n) is 15.6. The fourth-order valence-electron chi connectivity index (χ4n) is 2.42. The first-order valence-electron chi connectivity index (χ1n) is 8.50. The lowest BCUT2D eigenvalue weighted by Crippen LogP contribution is -2.43. The standard InChI is InChI=1S/C18H22F3N3O3/c1-5-11(2)24(16(25)12(3)26-4)10-13-6-8-14(9-7-13)15-22-17(27-23-15)18(19,20)21/h6-9,11-12H,5,10H2,1-4H3. The Bertz CT molecular complexity index is 759. The number of methoxy groups -OCH3 is 1. The van der Waals surface area contributed by atoms with Gasteiger partial charge in [-0.05, 0) is 25.8 Å². The Hall–Kier alpha value is -2.42. The molecule has 2 rings (SSSR count). The van der Waals surface area contributed by atoms with E-state index in [4.69, 9.17) is 4.74 Å². The van der Waals surface area contributed by atoms with Crippen molar-refractivity contribution < 1.29 is 27.2 Å². The number of amides is 1. The second-order valence-electron chi connectivity index (χ2n) is 6.22. The molecule has 1 aromatic carbocycles. The van der Waals surface area contributed by atoms with Gasteiger partial charge in [-0.15, -0.1) is 0 Å². The van der Waals surface area contributed by atoms with Gasteiger partial charge in [-0.1, -0.05) is 36.3 Å². The third-order valence-electron chi connectivity index (χ3n) is 4.34. The minimum Gasteiger partial charge on any atom is -0.372 e. The summed E-state index contributed by atoms with van der Waals surface area (Å²) < 4.78 is 47.0. The Morgan fingerprint density at radius 1 is 1.26 bits per heavy atom. The molecule has 27 heavy (non-hydrogen) atoms. The molecule has 0 radical (unpaired) electrons. The molecule has 2 unspecified atom stereocenters. The van der Waals surface area contributed by atoms with Gasteiger partial charge in [0.05, 0.1) is 0 Å². The van der Waals surface area contributed by atoms with Gasteiger partial charge in [0.2, 0.25) is 5.82 Å². The highest BCUT2D eigenvalue weighted by atomic mass is 19.4. The van der Waals surface area contributed by atoms with E-state index in [1.165, 1.54) is 7.11 Å². The summed E-state index contributed by atoms with van der Waals surface area (Å²) in [7, 11) is 1.48. The van der Waals surface area contributed by atoms with E-state index in [2.05, 4.69) is 14.7 Å². The number of aromatic nitrogens is 2. The number of carbonyl (C=O) groups excluding carboxylic acids is 1. The van der Waals surface area contributed by atoms with Crippen molar-refractivity contribution in [2.75, 3.05) is 7.11 Å². The van der Waals surface area contributed by atoms with Crippen LogP contribution in [0.3, 0.4) is 0 Å². The number of ether oxygens (including phenoxy) is 1. The predicted molar refractivity (Wildman–Crippen MR) is 91.5 cm³/mol. The van der Waals surface area contributed by atoms with Crippen LogP contribution in [0.4, 0.5) is 13.2 Å². The van der Waals surface area contributed by atoms with Crippen LogP contribution in [-0.2, 0) is 22.3 Å². The van der Waals surface area contributed by atoms with Crippen LogP contribution in [-0.4, -0.2) is 40.2 Å². The van der Waals surface area contributed by atoms with Gasteiger partial charge in [0.25, 0.3) is 5.91 Å². The number of alkyl halides is 3. The number of benzene rings is 1. The molecular formula is C18H22F3N3O3. The van der Waals surface area contributed by atoms with Gasteiger partial charge >= 0.3 is 12.1 Å². The average molecular weight is 385 g/mol. The minimum atomic E-state index is -4.68. The van der Waals surface area contributed by atoms with Gasteiger partial charge in [0.15, 0.2) is 0 Å². The molecule has 1 heterocycles. The summed E-state index contributed by atoms with van der Waals surface area (Å²) in [6.45, 7) is 5.99. The Labute approximate surface area is 155 Å². The molecule has 0 saturated carbocycles. The first-order valence-corrected chi connectivity index (χ1v) is 8.50. The summed E-state index contributed by atoms with van der Waals surface area (Å²) in [4.78, 5) is 17.6. The van der Waals surface area contributed by atoms with Gasteiger partial charge in [-0.3, -0.25) is 4.79 Å². The van der Waals surface area contributed by atoms with E-state index in [1.54, 1.807) is 36.1 Å². The Morgan fingerprint density at radius 2 is 1.89 bits per heavy atom. The van der Waals surface area contributed by atoms with Crippen LogP contribution in [0.25, 0.3) is 11.4 Å². The summed E-state index contributed by atoms with van der Waals surface area (Å²) in [5.41, 5.74) is 1.22. The molecule has 9 heteroatoms. The summed E-state index contributed by atoms with van der Waals surface area (Å²) in [6, 6.07) is 6.65. The van der Waals surface area contributed by atoms with Crippen molar-refractivity contribution in [1.29, 1.82) is 0 Å². The number of hydrogen-bond acceptors (Lipinski definition) is 5. The molecule has 6 nitrogen and oxygen atoms in total. The summed E-state index contributed by atoms with van der Waals surface area (Å²) in [5, 5.41) is 3.36. The van der Waals surface area contributed by atoms with E-state index < -0.39 is 18.2 Å². The molecule has 2 aromatic rings. The van der Waals surface area contributed by atoms with Crippen LogP contribution in [0.1, 0.15) is 38.6 Å². The van der Waals surface area contributed by atoms with Crippen molar-refractivity contribution in [1.82, 2.24) is 15.0 Å². The summed E-state index contributed by atoms with van der Waals surface area (Å²) in [5.74, 6) is -1.65. The maximum atomic E-state index is 12.6. The molecule has 0 saturated heterocycles. The number of nitrogens with zero attached hydrogens (tertiary/aromatic N) is 3. The number of carbonyl (C=O) groups is 1. The Morgan fingerprint density at radius 3 is 2.37 bits per heavy atom. The highest BCUT2D eigenvalue weighted by molar-refractivity contribution is 5.80. The maximum Gasteiger partial charge on any atom is 0.471 e. The van der Waals surface area contributed by atoms with Gasteiger partial charge in [0, 0.05) is 25.3 Å². The molecule has 0 bridgehead atoms. The smallest absolute Gasteiger partial charge is 0.372 e. The first-order chi connectivity index (χ1) is 12.7. The molecule has 0 aliphatic rings. The summed E-state index contributed by atoms with van der Waals surface area (Å²) >= 11 is 0. The van der Waals surface area contributed by atoms with Gasteiger partial charge in [0.1, 0.15) is 6.10 Å². The number of halogens is 3. The first kappa shape index (κ1) is 20.9. The predicted octanol–water partition coefficient (Wildman–Crippen LogP) is 3.92. The van der Waals surface area contributed by atoms with Crippen LogP contribution < -0.4 is 0 Å². The monoisotopic (exact) mass is 385 g/mol. The van der Waals surface area contributed by atoms with Crippen molar-refractivity contribution in [2.24, 2.45) is 0 Å². The van der Waals surface area contributed by atoms with Gasteiger partial charge in [-0.25, -0.2) is 0 Å². The van der Waals surface area contributed by atoms with Crippen molar-refractivity contribution in [3.05, 3.63) is 35.7 Å². The molecule has 2 atom stereocenters. The minimum absolute atomic E-state index is 0.0151. The topological polar surface area (TPSA) is 68.5 Å². The van der Waals surface area contributed by atoms with Crippen molar-refractivity contribution in [3.63, 3.8) is 0 Å². The lowest BCUT2D eigenvalue weighted by molar-refractivity contribution is -0.159. The molecule has 0 aliphatic heterocycles. The van der Waals surface area contributed by atoms with Gasteiger partial charge in [-0.2, -0.15) is 18.2 Å². The Kier molecular flexibility index (Phi) is 6.59. The molecule has 0 fully saturated rings. The number of hydrogen-bond donors (Lipinski definition) is 0. The van der Waals surface area contributed by atoms with E-state index in [0.717, 1.165) is 12.0 Å². The van der Waals surface area contributed by atoms with Crippen molar-refractivity contribution >= 4 is 5.91 Å². The fourth-order valence-corrected chi connectivity index (χ4v) is 2.42. The van der Waals surface area contributed by atoms with Crippen LogP contribution in [0, 0.1) is 0 Å². The number of rotatable bonds is 7. The molecule has 148 valence electrons. The normalized spacial score (nSPS) is 14.0. The molecule has 0 N–H and O–H groups in total. The molecular weight excluding hydrogens is 363 g/mol. The molecule has 1 aromatic heterocycles. The van der Waals surface area contributed by atoms with Crippen LogP contribution in [0.15, 0.2) is 28.8 Å². The van der Waals surface area contributed by atoms with E-state index in [0.29, 0.717) is 12.1 Å². The SMILES string of the molecule is CCC(C)N(Cc1ccc(-c2noc(C(F)(F)F)n2)cc1)C(=O)C(C)OC. The van der Waals surface area contributed by atoms with Gasteiger partial charge < -0.3 is 14.2 Å². The van der Waals surface area contributed by atoms with E-state index in [-0.39, 0.29) is 17.8 Å². The van der Waals surface area contributed by atoms with Crippen LogP contribution in [0.5, 0.6) is 0 Å².